The Kier molecular flexibility index (Phi) is 2.86. The fourth-order valence-corrected chi connectivity index (χ4v) is 2.31. The van der Waals surface area contributed by atoms with Crippen molar-refractivity contribution in [2.75, 3.05) is 13.6 Å². The second-order valence-corrected chi connectivity index (χ2v) is 4.47. The molecule has 0 fully saturated rings. The first-order chi connectivity index (χ1) is 7.68. The van der Waals surface area contributed by atoms with E-state index in [0.29, 0.717) is 5.96 Å². The van der Waals surface area contributed by atoms with Gasteiger partial charge in [-0.2, -0.15) is 0 Å². The van der Waals surface area contributed by atoms with Crippen LogP contribution in [0.25, 0.3) is 0 Å². The van der Waals surface area contributed by atoms with Gasteiger partial charge in [0.1, 0.15) is 0 Å². The van der Waals surface area contributed by atoms with Crippen molar-refractivity contribution in [3.63, 3.8) is 0 Å². The van der Waals surface area contributed by atoms with E-state index in [9.17, 15) is 0 Å². The fraction of sp³-hybridized carbons (Fsp3) is 0.462. The lowest BCUT2D eigenvalue weighted by Gasteiger charge is -2.36. The van der Waals surface area contributed by atoms with Crippen LogP contribution in [0.3, 0.4) is 0 Å². The van der Waals surface area contributed by atoms with Gasteiger partial charge in [-0.25, -0.2) is 0 Å². The molecular weight excluding hydrogens is 198 g/mol. The molecule has 1 aliphatic rings. The predicted molar refractivity (Wildman–Crippen MR) is 67.4 cm³/mol. The van der Waals surface area contributed by atoms with Crippen molar-refractivity contribution in [2.24, 2.45) is 10.7 Å². The van der Waals surface area contributed by atoms with Gasteiger partial charge in [0.2, 0.25) is 0 Å². The first-order valence-corrected chi connectivity index (χ1v) is 5.75. The van der Waals surface area contributed by atoms with Gasteiger partial charge in [0.05, 0.1) is 12.1 Å². The van der Waals surface area contributed by atoms with Crippen LogP contribution in [0.2, 0.25) is 0 Å². The predicted octanol–water partition coefficient (Wildman–Crippen LogP) is 1.64. The molecule has 0 bridgehead atoms. The Labute approximate surface area is 97.0 Å². The quantitative estimate of drug-likeness (QED) is 0.836. The molecule has 16 heavy (non-hydrogen) atoms. The lowest BCUT2D eigenvalue weighted by atomic mass is 9.87. The number of nitrogens with zero attached hydrogens (tertiary/aromatic N) is 2. The first kappa shape index (κ1) is 11.0. The molecule has 0 amide bonds. The number of guanidine groups is 1. The Balaban J connectivity index is 2.19. The molecule has 1 unspecified atom stereocenters. The highest BCUT2D eigenvalue weighted by Gasteiger charge is 2.38. The number of benzene rings is 1. The van der Waals surface area contributed by atoms with Crippen LogP contribution in [0, 0.1) is 0 Å². The Bertz CT molecular complexity index is 385. The van der Waals surface area contributed by atoms with E-state index >= 15 is 0 Å². The molecule has 2 rings (SSSR count). The zero-order valence-corrected chi connectivity index (χ0v) is 9.98. The van der Waals surface area contributed by atoms with E-state index in [2.05, 4.69) is 41.1 Å². The highest BCUT2D eigenvalue weighted by molar-refractivity contribution is 5.80. The van der Waals surface area contributed by atoms with Gasteiger partial charge < -0.3 is 10.6 Å². The SMILES string of the molecule is CCC1(Cc2ccccc2)CN=C(N)N1C. The first-order valence-electron chi connectivity index (χ1n) is 5.75. The molecule has 2 N–H and O–H groups in total. The van der Waals surface area contributed by atoms with E-state index in [1.807, 2.05) is 13.1 Å². The highest BCUT2D eigenvalue weighted by Crippen LogP contribution is 2.28. The molecular formula is C13H19N3. The van der Waals surface area contributed by atoms with E-state index in [4.69, 9.17) is 5.73 Å². The normalized spacial score (nSPS) is 24.6. The zero-order valence-electron chi connectivity index (χ0n) is 9.98. The molecule has 3 nitrogen and oxygen atoms in total. The molecule has 1 atom stereocenters. The largest absolute Gasteiger partial charge is 0.370 e. The van der Waals surface area contributed by atoms with Gasteiger partial charge >= 0.3 is 0 Å². The smallest absolute Gasteiger partial charge is 0.191 e. The fourth-order valence-electron chi connectivity index (χ4n) is 2.31. The number of likely N-dealkylation sites (N-methyl/N-ethyl adjacent to an activating group) is 1. The summed E-state index contributed by atoms with van der Waals surface area (Å²) < 4.78 is 0. The monoisotopic (exact) mass is 217 g/mol. The van der Waals surface area contributed by atoms with Crippen LogP contribution in [0.5, 0.6) is 0 Å². The van der Waals surface area contributed by atoms with Crippen molar-refractivity contribution in [3.05, 3.63) is 35.9 Å². The molecule has 1 aromatic rings. The third-order valence-corrected chi connectivity index (χ3v) is 3.62. The summed E-state index contributed by atoms with van der Waals surface area (Å²) in [6.45, 7) is 3.01. The lowest BCUT2D eigenvalue weighted by Crippen LogP contribution is -2.50. The van der Waals surface area contributed by atoms with Crippen molar-refractivity contribution < 1.29 is 0 Å². The minimum atomic E-state index is 0.0748. The van der Waals surface area contributed by atoms with Crippen molar-refractivity contribution in [1.82, 2.24) is 4.90 Å². The number of hydrogen-bond acceptors (Lipinski definition) is 3. The number of rotatable bonds is 3. The van der Waals surface area contributed by atoms with E-state index in [1.165, 1.54) is 5.56 Å². The Hall–Kier alpha value is -1.51. The van der Waals surface area contributed by atoms with E-state index < -0.39 is 0 Å². The van der Waals surface area contributed by atoms with Gasteiger partial charge in [-0.15, -0.1) is 0 Å². The molecule has 1 aliphatic heterocycles. The Morgan fingerprint density at radius 1 is 1.38 bits per heavy atom. The molecule has 1 heterocycles. The van der Waals surface area contributed by atoms with Gasteiger partial charge in [-0.3, -0.25) is 4.99 Å². The summed E-state index contributed by atoms with van der Waals surface area (Å²) in [5.74, 6) is 0.665. The van der Waals surface area contributed by atoms with Crippen LogP contribution >= 0.6 is 0 Å². The van der Waals surface area contributed by atoms with Gasteiger partial charge in [-0.1, -0.05) is 37.3 Å². The number of aliphatic imine (C=N–C) groups is 1. The van der Waals surface area contributed by atoms with Crippen LogP contribution in [0.1, 0.15) is 18.9 Å². The maximum Gasteiger partial charge on any atom is 0.191 e. The summed E-state index contributed by atoms with van der Waals surface area (Å²) in [4.78, 5) is 6.48. The minimum Gasteiger partial charge on any atom is -0.370 e. The average Bonchev–Trinajstić information content (AvgIpc) is 2.60. The Morgan fingerprint density at radius 3 is 2.56 bits per heavy atom. The van der Waals surface area contributed by atoms with Crippen LogP contribution in [0.4, 0.5) is 0 Å². The molecule has 0 saturated carbocycles. The van der Waals surface area contributed by atoms with Crippen molar-refractivity contribution in [1.29, 1.82) is 0 Å². The molecule has 0 aliphatic carbocycles. The molecule has 3 heteroatoms. The third-order valence-electron chi connectivity index (χ3n) is 3.62. The van der Waals surface area contributed by atoms with Gasteiger partial charge in [0, 0.05) is 7.05 Å². The second kappa shape index (κ2) is 4.16. The average molecular weight is 217 g/mol. The third kappa shape index (κ3) is 1.77. The summed E-state index contributed by atoms with van der Waals surface area (Å²) in [6, 6.07) is 10.5. The summed E-state index contributed by atoms with van der Waals surface area (Å²) in [5, 5.41) is 0. The molecule has 1 aromatic carbocycles. The van der Waals surface area contributed by atoms with Gasteiger partial charge in [0.25, 0.3) is 0 Å². The summed E-state index contributed by atoms with van der Waals surface area (Å²) in [7, 11) is 2.04. The van der Waals surface area contributed by atoms with E-state index in [1.54, 1.807) is 0 Å². The van der Waals surface area contributed by atoms with Crippen molar-refractivity contribution in [2.45, 2.75) is 25.3 Å². The zero-order chi connectivity index (χ0) is 11.6. The Morgan fingerprint density at radius 2 is 2.06 bits per heavy atom. The van der Waals surface area contributed by atoms with Crippen LogP contribution in [-0.2, 0) is 6.42 Å². The van der Waals surface area contributed by atoms with E-state index in [-0.39, 0.29) is 5.54 Å². The van der Waals surface area contributed by atoms with Crippen molar-refractivity contribution >= 4 is 5.96 Å². The van der Waals surface area contributed by atoms with Crippen LogP contribution in [0.15, 0.2) is 35.3 Å². The minimum absolute atomic E-state index is 0.0748. The van der Waals surface area contributed by atoms with Crippen LogP contribution in [-0.4, -0.2) is 30.0 Å². The van der Waals surface area contributed by atoms with E-state index in [0.717, 1.165) is 19.4 Å². The number of nitrogens with two attached hydrogens (primary N) is 1. The van der Waals surface area contributed by atoms with Crippen LogP contribution < -0.4 is 5.73 Å². The maximum absolute atomic E-state index is 5.86. The highest BCUT2D eigenvalue weighted by atomic mass is 15.3. The summed E-state index contributed by atoms with van der Waals surface area (Å²) in [6.07, 6.45) is 2.06. The molecule has 0 spiro atoms. The topological polar surface area (TPSA) is 41.6 Å². The summed E-state index contributed by atoms with van der Waals surface area (Å²) in [5.41, 5.74) is 7.28. The second-order valence-electron chi connectivity index (χ2n) is 4.47. The standard InChI is InChI=1S/C13H19N3/c1-3-13(10-15-12(14)16(13)2)9-11-7-5-4-6-8-11/h4-8H,3,9-10H2,1-2H3,(H2,14,15). The molecule has 86 valence electrons. The summed E-state index contributed by atoms with van der Waals surface area (Å²) >= 11 is 0. The lowest BCUT2D eigenvalue weighted by molar-refractivity contribution is 0.225. The van der Waals surface area contributed by atoms with Gasteiger partial charge in [-0.05, 0) is 18.4 Å². The molecule has 0 radical (unpaired) electrons. The van der Waals surface area contributed by atoms with Crippen molar-refractivity contribution in [3.8, 4) is 0 Å². The molecule has 0 saturated heterocycles. The number of hydrogen-bond donors (Lipinski definition) is 1. The van der Waals surface area contributed by atoms with Gasteiger partial charge in [0.15, 0.2) is 5.96 Å². The molecule has 0 aromatic heterocycles. The maximum atomic E-state index is 5.86.